The SMILES string of the molecule is CC(C)c1ccc(C2C(=O)NCCN2C(=O)CC(C)(C)C)cc1. The maximum atomic E-state index is 12.7. The van der Waals surface area contributed by atoms with Gasteiger partial charge in [0.15, 0.2) is 0 Å². The molecule has 1 aliphatic rings. The first-order valence-corrected chi connectivity index (χ1v) is 8.36. The van der Waals surface area contributed by atoms with Crippen LogP contribution in [-0.4, -0.2) is 29.8 Å². The average Bonchev–Trinajstić information content (AvgIpc) is 2.45. The zero-order valence-electron chi connectivity index (χ0n) is 14.8. The van der Waals surface area contributed by atoms with Crippen LogP contribution in [0.1, 0.15) is 64.1 Å². The Labute approximate surface area is 139 Å². The largest absolute Gasteiger partial charge is 0.352 e. The lowest BCUT2D eigenvalue weighted by Gasteiger charge is -2.37. The van der Waals surface area contributed by atoms with Crippen LogP contribution < -0.4 is 5.32 Å². The summed E-state index contributed by atoms with van der Waals surface area (Å²) in [4.78, 5) is 26.8. The highest BCUT2D eigenvalue weighted by atomic mass is 16.2. The second-order valence-electron chi connectivity index (χ2n) is 7.84. The Morgan fingerprint density at radius 2 is 1.87 bits per heavy atom. The number of hydrogen-bond donors (Lipinski definition) is 1. The molecule has 4 nitrogen and oxygen atoms in total. The van der Waals surface area contributed by atoms with Crippen molar-refractivity contribution in [2.75, 3.05) is 13.1 Å². The summed E-state index contributed by atoms with van der Waals surface area (Å²) in [7, 11) is 0. The van der Waals surface area contributed by atoms with Gasteiger partial charge in [0, 0.05) is 19.5 Å². The fourth-order valence-corrected chi connectivity index (χ4v) is 2.89. The van der Waals surface area contributed by atoms with Gasteiger partial charge in [-0.3, -0.25) is 9.59 Å². The molecule has 1 atom stereocenters. The average molecular weight is 316 g/mol. The molecule has 1 N–H and O–H groups in total. The molecule has 1 heterocycles. The fourth-order valence-electron chi connectivity index (χ4n) is 2.89. The summed E-state index contributed by atoms with van der Waals surface area (Å²) >= 11 is 0. The van der Waals surface area contributed by atoms with Gasteiger partial charge in [-0.2, -0.15) is 0 Å². The number of hydrogen-bond acceptors (Lipinski definition) is 2. The molecule has 1 aromatic carbocycles. The van der Waals surface area contributed by atoms with E-state index in [1.54, 1.807) is 4.90 Å². The van der Waals surface area contributed by atoms with E-state index >= 15 is 0 Å². The van der Waals surface area contributed by atoms with Crippen molar-refractivity contribution in [1.82, 2.24) is 10.2 Å². The Morgan fingerprint density at radius 3 is 2.39 bits per heavy atom. The molecule has 0 radical (unpaired) electrons. The van der Waals surface area contributed by atoms with Crippen LogP contribution >= 0.6 is 0 Å². The third-order valence-electron chi connectivity index (χ3n) is 4.13. The molecule has 0 bridgehead atoms. The number of carbonyl (C=O) groups excluding carboxylic acids is 2. The molecular weight excluding hydrogens is 288 g/mol. The lowest BCUT2D eigenvalue weighted by atomic mass is 9.90. The molecule has 1 fully saturated rings. The van der Waals surface area contributed by atoms with Gasteiger partial charge in [-0.25, -0.2) is 0 Å². The summed E-state index contributed by atoms with van der Waals surface area (Å²) in [5, 5.41) is 2.88. The van der Waals surface area contributed by atoms with Crippen LogP contribution in [0.3, 0.4) is 0 Å². The van der Waals surface area contributed by atoms with Crippen molar-refractivity contribution in [2.45, 2.75) is 53.0 Å². The summed E-state index contributed by atoms with van der Waals surface area (Å²) in [6, 6.07) is 7.53. The van der Waals surface area contributed by atoms with E-state index in [2.05, 4.69) is 19.2 Å². The minimum absolute atomic E-state index is 0.0466. The molecule has 0 aromatic heterocycles. The minimum atomic E-state index is -0.514. The van der Waals surface area contributed by atoms with Gasteiger partial charge in [0.25, 0.3) is 0 Å². The van der Waals surface area contributed by atoms with Crippen LogP contribution in [0.25, 0.3) is 0 Å². The summed E-state index contributed by atoms with van der Waals surface area (Å²) in [6.07, 6.45) is 0.445. The Morgan fingerprint density at radius 1 is 1.26 bits per heavy atom. The van der Waals surface area contributed by atoms with E-state index in [9.17, 15) is 9.59 Å². The highest BCUT2D eigenvalue weighted by molar-refractivity contribution is 5.90. The normalized spacial score (nSPS) is 19.0. The lowest BCUT2D eigenvalue weighted by molar-refractivity contribution is -0.144. The van der Waals surface area contributed by atoms with E-state index < -0.39 is 6.04 Å². The van der Waals surface area contributed by atoms with Gasteiger partial charge in [-0.15, -0.1) is 0 Å². The summed E-state index contributed by atoms with van der Waals surface area (Å²) < 4.78 is 0. The quantitative estimate of drug-likeness (QED) is 0.930. The predicted molar refractivity (Wildman–Crippen MR) is 92.1 cm³/mol. The maximum Gasteiger partial charge on any atom is 0.247 e. The van der Waals surface area contributed by atoms with Gasteiger partial charge in [0.1, 0.15) is 6.04 Å². The molecule has 2 rings (SSSR count). The van der Waals surface area contributed by atoms with E-state index in [1.165, 1.54) is 5.56 Å². The van der Waals surface area contributed by atoms with Crippen LogP contribution in [0.15, 0.2) is 24.3 Å². The predicted octanol–water partition coefficient (Wildman–Crippen LogP) is 3.25. The molecule has 0 aliphatic carbocycles. The molecule has 1 aliphatic heterocycles. The number of carbonyl (C=O) groups is 2. The Bertz CT molecular complexity index is 570. The van der Waals surface area contributed by atoms with Crippen molar-refractivity contribution < 1.29 is 9.59 Å². The second-order valence-corrected chi connectivity index (χ2v) is 7.84. The summed E-state index contributed by atoms with van der Waals surface area (Å²) in [6.45, 7) is 11.5. The van der Waals surface area contributed by atoms with Crippen molar-refractivity contribution in [3.05, 3.63) is 35.4 Å². The second kappa shape index (κ2) is 6.73. The molecule has 2 amide bonds. The minimum Gasteiger partial charge on any atom is -0.352 e. The zero-order chi connectivity index (χ0) is 17.2. The van der Waals surface area contributed by atoms with Gasteiger partial charge < -0.3 is 10.2 Å². The van der Waals surface area contributed by atoms with Crippen LogP contribution in [0, 0.1) is 5.41 Å². The number of piperazine rings is 1. The summed E-state index contributed by atoms with van der Waals surface area (Å²) in [5.74, 6) is 0.406. The first kappa shape index (κ1) is 17.5. The molecule has 126 valence electrons. The maximum absolute atomic E-state index is 12.7. The standard InChI is InChI=1S/C19H28N2O2/c1-13(2)14-6-8-15(9-7-14)17-18(23)20-10-11-21(17)16(22)12-19(3,4)5/h6-9,13,17H,10-12H2,1-5H3,(H,20,23). The number of nitrogens with zero attached hydrogens (tertiary/aromatic N) is 1. The molecule has 1 aromatic rings. The van der Waals surface area contributed by atoms with Crippen LogP contribution in [0.2, 0.25) is 0 Å². The number of amides is 2. The zero-order valence-corrected chi connectivity index (χ0v) is 14.8. The monoisotopic (exact) mass is 316 g/mol. The van der Waals surface area contributed by atoms with Gasteiger partial charge in [-0.05, 0) is 22.5 Å². The van der Waals surface area contributed by atoms with Crippen molar-refractivity contribution >= 4 is 11.8 Å². The lowest BCUT2D eigenvalue weighted by Crippen LogP contribution is -2.52. The smallest absolute Gasteiger partial charge is 0.247 e. The van der Waals surface area contributed by atoms with Crippen molar-refractivity contribution in [2.24, 2.45) is 5.41 Å². The summed E-state index contributed by atoms with van der Waals surface area (Å²) in [5.41, 5.74) is 2.03. The van der Waals surface area contributed by atoms with Crippen molar-refractivity contribution in [3.8, 4) is 0 Å². The third kappa shape index (κ3) is 4.34. The first-order chi connectivity index (χ1) is 10.7. The molecule has 23 heavy (non-hydrogen) atoms. The van der Waals surface area contributed by atoms with Crippen molar-refractivity contribution in [3.63, 3.8) is 0 Å². The van der Waals surface area contributed by atoms with Gasteiger partial charge in [0.2, 0.25) is 11.8 Å². The van der Waals surface area contributed by atoms with E-state index in [0.717, 1.165) is 5.56 Å². The van der Waals surface area contributed by atoms with Crippen LogP contribution in [0.5, 0.6) is 0 Å². The molecule has 4 heteroatoms. The van der Waals surface area contributed by atoms with Crippen LogP contribution in [-0.2, 0) is 9.59 Å². The Kier molecular flexibility index (Phi) is 5.12. The Hall–Kier alpha value is -1.84. The van der Waals surface area contributed by atoms with Crippen LogP contribution in [0.4, 0.5) is 0 Å². The molecule has 1 unspecified atom stereocenters. The molecule has 0 saturated carbocycles. The first-order valence-electron chi connectivity index (χ1n) is 8.36. The topological polar surface area (TPSA) is 49.4 Å². The molecule has 1 saturated heterocycles. The fraction of sp³-hybridized carbons (Fsp3) is 0.579. The van der Waals surface area contributed by atoms with E-state index in [1.807, 2.05) is 45.0 Å². The highest BCUT2D eigenvalue weighted by Crippen LogP contribution is 2.28. The number of rotatable bonds is 3. The van der Waals surface area contributed by atoms with Crippen molar-refractivity contribution in [1.29, 1.82) is 0 Å². The number of nitrogens with one attached hydrogen (secondary N) is 1. The molecular formula is C19H28N2O2. The molecule has 0 spiro atoms. The van der Waals surface area contributed by atoms with Gasteiger partial charge in [0.05, 0.1) is 0 Å². The van der Waals surface area contributed by atoms with E-state index in [-0.39, 0.29) is 17.2 Å². The van der Waals surface area contributed by atoms with Gasteiger partial charge in [-0.1, -0.05) is 58.9 Å². The van der Waals surface area contributed by atoms with Gasteiger partial charge >= 0.3 is 0 Å². The highest BCUT2D eigenvalue weighted by Gasteiger charge is 2.35. The van der Waals surface area contributed by atoms with E-state index in [4.69, 9.17) is 0 Å². The third-order valence-corrected chi connectivity index (χ3v) is 4.13. The van der Waals surface area contributed by atoms with E-state index in [0.29, 0.717) is 25.4 Å². The number of benzene rings is 1. The Balaban J connectivity index is 2.27.